The fraction of sp³-hybridized carbons (Fsp3) is 0.846. The number of amidine groups is 1. The van der Waals surface area contributed by atoms with Gasteiger partial charge in [0.05, 0.1) is 5.92 Å². The molecule has 108 valence electrons. The van der Waals surface area contributed by atoms with E-state index < -0.39 is 5.92 Å². The van der Waals surface area contributed by atoms with E-state index in [1.54, 1.807) is 6.92 Å². The van der Waals surface area contributed by atoms with Crippen molar-refractivity contribution in [3.05, 3.63) is 0 Å². The van der Waals surface area contributed by atoms with Crippen LogP contribution in [0.25, 0.3) is 0 Å². The second-order valence-corrected chi connectivity index (χ2v) is 5.83. The Hall–Kier alpha value is -1.30. The molecular weight excluding hydrogens is 244 g/mol. The van der Waals surface area contributed by atoms with Gasteiger partial charge in [-0.3, -0.25) is 4.79 Å². The molecular formula is C13H24N4O2. The summed E-state index contributed by atoms with van der Waals surface area (Å²) < 4.78 is 0. The summed E-state index contributed by atoms with van der Waals surface area (Å²) >= 11 is 0. The van der Waals surface area contributed by atoms with Crippen molar-refractivity contribution >= 4 is 11.7 Å². The van der Waals surface area contributed by atoms with Gasteiger partial charge in [-0.05, 0) is 39.7 Å². The third kappa shape index (κ3) is 3.00. The maximum absolute atomic E-state index is 12.0. The molecule has 0 radical (unpaired) electrons. The summed E-state index contributed by atoms with van der Waals surface area (Å²) in [5.41, 5.74) is 5.47. The van der Waals surface area contributed by atoms with Crippen molar-refractivity contribution in [2.75, 3.05) is 7.05 Å². The van der Waals surface area contributed by atoms with E-state index in [1.165, 1.54) is 19.3 Å². The molecule has 0 spiro atoms. The minimum atomic E-state index is -0.579. The van der Waals surface area contributed by atoms with Gasteiger partial charge < -0.3 is 21.2 Å². The average Bonchev–Trinajstić information content (AvgIpc) is 2.38. The lowest BCUT2D eigenvalue weighted by Crippen LogP contribution is -2.56. The zero-order valence-electron chi connectivity index (χ0n) is 11.7. The SMILES string of the molecule is CC(C(=O)NC1CC2CCCC(C1)N2C)C(N)=NO. The van der Waals surface area contributed by atoms with E-state index >= 15 is 0 Å². The Balaban J connectivity index is 1.92. The predicted molar refractivity (Wildman–Crippen MR) is 72.9 cm³/mol. The van der Waals surface area contributed by atoms with Crippen LogP contribution in [0.5, 0.6) is 0 Å². The molecule has 2 aliphatic heterocycles. The summed E-state index contributed by atoms with van der Waals surface area (Å²) in [7, 11) is 2.19. The second-order valence-electron chi connectivity index (χ2n) is 5.83. The Kier molecular flexibility index (Phi) is 4.29. The molecule has 3 unspecified atom stereocenters. The number of hydrogen-bond acceptors (Lipinski definition) is 4. The molecule has 2 heterocycles. The summed E-state index contributed by atoms with van der Waals surface area (Å²) in [6.45, 7) is 1.65. The number of piperidine rings is 2. The van der Waals surface area contributed by atoms with Gasteiger partial charge in [0.1, 0.15) is 0 Å². The van der Waals surface area contributed by atoms with Crippen LogP contribution in [0.1, 0.15) is 39.0 Å². The summed E-state index contributed by atoms with van der Waals surface area (Å²) in [6, 6.07) is 1.38. The number of amides is 1. The largest absolute Gasteiger partial charge is 0.409 e. The molecule has 1 amide bonds. The fourth-order valence-electron chi connectivity index (χ4n) is 3.28. The Bertz CT molecular complexity index is 358. The second kappa shape index (κ2) is 5.77. The van der Waals surface area contributed by atoms with Gasteiger partial charge in [0.2, 0.25) is 5.91 Å². The number of nitrogens with two attached hydrogens (primary N) is 1. The summed E-state index contributed by atoms with van der Waals surface area (Å²) in [5.74, 6) is -0.766. The summed E-state index contributed by atoms with van der Waals surface area (Å²) in [6.07, 6.45) is 5.73. The maximum atomic E-state index is 12.0. The van der Waals surface area contributed by atoms with E-state index in [1.807, 2.05) is 0 Å². The molecule has 2 aliphatic rings. The van der Waals surface area contributed by atoms with Crippen LogP contribution in [-0.4, -0.2) is 47.0 Å². The van der Waals surface area contributed by atoms with Gasteiger partial charge in [0, 0.05) is 18.1 Å². The maximum Gasteiger partial charge on any atom is 0.230 e. The Morgan fingerprint density at radius 1 is 1.42 bits per heavy atom. The molecule has 2 fully saturated rings. The number of carbonyl (C=O) groups is 1. The summed E-state index contributed by atoms with van der Waals surface area (Å²) in [4.78, 5) is 14.5. The van der Waals surface area contributed by atoms with E-state index in [0.29, 0.717) is 12.1 Å². The number of oxime groups is 1. The molecule has 0 aromatic heterocycles. The van der Waals surface area contributed by atoms with Crippen molar-refractivity contribution in [2.24, 2.45) is 16.8 Å². The molecule has 6 nitrogen and oxygen atoms in total. The monoisotopic (exact) mass is 268 g/mol. The summed E-state index contributed by atoms with van der Waals surface area (Å²) in [5, 5.41) is 14.5. The first-order chi connectivity index (χ1) is 9.02. The standard InChI is InChI=1S/C13H24N4O2/c1-8(12(14)16-19)13(18)15-9-6-10-4-3-5-11(7-9)17(10)2/h8-11,19H,3-7H2,1-2H3,(H2,14,16)(H,15,18). The molecule has 3 atom stereocenters. The fourth-order valence-corrected chi connectivity index (χ4v) is 3.28. The predicted octanol–water partition coefficient (Wildman–Crippen LogP) is 0.500. The van der Waals surface area contributed by atoms with Crippen molar-refractivity contribution in [3.8, 4) is 0 Å². The van der Waals surface area contributed by atoms with Crippen LogP contribution in [-0.2, 0) is 4.79 Å². The molecule has 2 bridgehead atoms. The topological polar surface area (TPSA) is 91.0 Å². The van der Waals surface area contributed by atoms with Crippen molar-refractivity contribution in [2.45, 2.75) is 57.2 Å². The average molecular weight is 268 g/mol. The number of fused-ring (bicyclic) bond motifs is 2. The van der Waals surface area contributed by atoms with Crippen molar-refractivity contribution in [3.63, 3.8) is 0 Å². The first-order valence-electron chi connectivity index (χ1n) is 7.02. The number of hydrogen-bond donors (Lipinski definition) is 3. The highest BCUT2D eigenvalue weighted by molar-refractivity contribution is 6.01. The van der Waals surface area contributed by atoms with E-state index in [2.05, 4.69) is 22.4 Å². The molecule has 19 heavy (non-hydrogen) atoms. The number of carbonyl (C=O) groups excluding carboxylic acids is 1. The third-order valence-electron chi connectivity index (χ3n) is 4.64. The van der Waals surface area contributed by atoms with Crippen molar-refractivity contribution in [1.82, 2.24) is 10.2 Å². The van der Waals surface area contributed by atoms with Gasteiger partial charge in [0.15, 0.2) is 5.84 Å². The van der Waals surface area contributed by atoms with Crippen molar-refractivity contribution < 1.29 is 10.0 Å². The van der Waals surface area contributed by atoms with Gasteiger partial charge >= 0.3 is 0 Å². The minimum Gasteiger partial charge on any atom is -0.409 e. The Morgan fingerprint density at radius 3 is 2.53 bits per heavy atom. The van der Waals surface area contributed by atoms with E-state index in [0.717, 1.165) is 12.8 Å². The van der Waals surface area contributed by atoms with Crippen LogP contribution >= 0.6 is 0 Å². The van der Waals surface area contributed by atoms with E-state index in [-0.39, 0.29) is 17.8 Å². The highest BCUT2D eigenvalue weighted by Crippen LogP contribution is 2.32. The zero-order chi connectivity index (χ0) is 14.0. The highest BCUT2D eigenvalue weighted by atomic mass is 16.4. The molecule has 0 aromatic carbocycles. The Labute approximate surface area is 114 Å². The lowest BCUT2D eigenvalue weighted by molar-refractivity contribution is -0.124. The van der Waals surface area contributed by atoms with Crippen LogP contribution in [0.2, 0.25) is 0 Å². The lowest BCUT2D eigenvalue weighted by Gasteiger charge is -2.47. The third-order valence-corrected chi connectivity index (χ3v) is 4.64. The molecule has 4 N–H and O–H groups in total. The van der Waals surface area contributed by atoms with E-state index in [4.69, 9.17) is 10.9 Å². The molecule has 2 rings (SSSR count). The van der Waals surface area contributed by atoms with Gasteiger partial charge in [-0.2, -0.15) is 0 Å². The first kappa shape index (κ1) is 14.1. The number of rotatable bonds is 3. The first-order valence-corrected chi connectivity index (χ1v) is 7.02. The normalized spacial score (nSPS) is 33.8. The van der Waals surface area contributed by atoms with E-state index in [9.17, 15) is 4.79 Å². The van der Waals surface area contributed by atoms with Crippen LogP contribution < -0.4 is 11.1 Å². The van der Waals surface area contributed by atoms with Crippen LogP contribution in [0.3, 0.4) is 0 Å². The van der Waals surface area contributed by atoms with Gasteiger partial charge in [-0.25, -0.2) is 0 Å². The number of nitrogens with zero attached hydrogens (tertiary/aromatic N) is 2. The minimum absolute atomic E-state index is 0.0365. The Morgan fingerprint density at radius 2 is 2.00 bits per heavy atom. The lowest BCUT2D eigenvalue weighted by atomic mass is 9.82. The highest BCUT2D eigenvalue weighted by Gasteiger charge is 2.36. The van der Waals surface area contributed by atoms with Gasteiger partial charge in [-0.1, -0.05) is 11.6 Å². The molecule has 2 saturated heterocycles. The van der Waals surface area contributed by atoms with Crippen LogP contribution in [0, 0.1) is 5.92 Å². The molecule has 6 heteroatoms. The van der Waals surface area contributed by atoms with Crippen LogP contribution in [0.4, 0.5) is 0 Å². The quantitative estimate of drug-likeness (QED) is 0.301. The molecule has 0 saturated carbocycles. The van der Waals surface area contributed by atoms with Crippen molar-refractivity contribution in [1.29, 1.82) is 0 Å². The van der Waals surface area contributed by atoms with Gasteiger partial charge in [-0.15, -0.1) is 0 Å². The van der Waals surface area contributed by atoms with Crippen LogP contribution in [0.15, 0.2) is 5.16 Å². The molecule has 0 aromatic rings. The number of nitrogens with one attached hydrogen (secondary N) is 1. The zero-order valence-corrected chi connectivity index (χ0v) is 11.7. The van der Waals surface area contributed by atoms with Gasteiger partial charge in [0.25, 0.3) is 0 Å². The molecule has 0 aliphatic carbocycles. The smallest absolute Gasteiger partial charge is 0.230 e.